The zero-order valence-electron chi connectivity index (χ0n) is 13.9. The van der Waals surface area contributed by atoms with Gasteiger partial charge in [0.15, 0.2) is 0 Å². The van der Waals surface area contributed by atoms with Crippen LogP contribution in [-0.4, -0.2) is 58.0 Å². The van der Waals surface area contributed by atoms with Crippen LogP contribution in [0, 0.1) is 0 Å². The molecule has 5 nitrogen and oxygen atoms in total. The van der Waals surface area contributed by atoms with Crippen molar-refractivity contribution in [2.45, 2.75) is 71.4 Å². The van der Waals surface area contributed by atoms with Gasteiger partial charge in [-0.05, 0) is 40.5 Å². The smallest absolute Gasteiger partial charge is 0.317 e. The number of hydrogen-bond acceptors (Lipinski definition) is 3. The Balaban J connectivity index is 2.71. The van der Waals surface area contributed by atoms with E-state index in [0.29, 0.717) is 12.6 Å². The number of carbonyl (C=O) groups is 2. The standard InChI is InChI=1S/C16H30N2O3/c1-5-18(13-9-7-6-8-10-13)14(19)11-17(12-15(20)21)16(2,3)4/h13H,5-12H2,1-4H3,(H,20,21). The quantitative estimate of drug-likeness (QED) is 0.817. The van der Waals surface area contributed by atoms with Crippen molar-refractivity contribution in [3.63, 3.8) is 0 Å². The number of rotatable bonds is 6. The Kier molecular flexibility index (Phi) is 6.65. The predicted octanol–water partition coefficient (Wildman–Crippen LogP) is 2.35. The molecule has 0 unspecified atom stereocenters. The number of carboxylic acid groups (broad SMARTS) is 1. The zero-order chi connectivity index (χ0) is 16.0. The van der Waals surface area contributed by atoms with E-state index in [0.717, 1.165) is 12.8 Å². The van der Waals surface area contributed by atoms with Gasteiger partial charge in [-0.1, -0.05) is 19.3 Å². The molecule has 0 atom stereocenters. The number of nitrogens with zero attached hydrogens (tertiary/aromatic N) is 2. The number of amides is 1. The van der Waals surface area contributed by atoms with Crippen LogP contribution in [0.25, 0.3) is 0 Å². The molecule has 21 heavy (non-hydrogen) atoms. The van der Waals surface area contributed by atoms with E-state index < -0.39 is 5.97 Å². The fourth-order valence-electron chi connectivity index (χ4n) is 2.98. The highest BCUT2D eigenvalue weighted by molar-refractivity contribution is 5.79. The van der Waals surface area contributed by atoms with Gasteiger partial charge in [-0.15, -0.1) is 0 Å². The van der Waals surface area contributed by atoms with Crippen LogP contribution in [0.5, 0.6) is 0 Å². The minimum atomic E-state index is -0.890. The fraction of sp³-hybridized carbons (Fsp3) is 0.875. The third-order valence-electron chi connectivity index (χ3n) is 4.28. The summed E-state index contributed by atoms with van der Waals surface area (Å²) in [6.07, 6.45) is 5.79. The second-order valence-electron chi connectivity index (χ2n) is 6.89. The number of likely N-dealkylation sites (N-methyl/N-ethyl adjacent to an activating group) is 1. The maximum atomic E-state index is 12.6. The van der Waals surface area contributed by atoms with Gasteiger partial charge < -0.3 is 10.0 Å². The summed E-state index contributed by atoms with van der Waals surface area (Å²) in [6, 6.07) is 0.336. The summed E-state index contributed by atoms with van der Waals surface area (Å²) >= 11 is 0. The van der Waals surface area contributed by atoms with E-state index in [2.05, 4.69) is 0 Å². The van der Waals surface area contributed by atoms with Gasteiger partial charge >= 0.3 is 5.97 Å². The number of hydrogen-bond donors (Lipinski definition) is 1. The summed E-state index contributed by atoms with van der Waals surface area (Å²) in [5.74, 6) is -0.834. The summed E-state index contributed by atoms with van der Waals surface area (Å²) in [7, 11) is 0. The van der Waals surface area contributed by atoms with Crippen molar-refractivity contribution in [2.75, 3.05) is 19.6 Å². The molecule has 0 aromatic rings. The van der Waals surface area contributed by atoms with Crippen molar-refractivity contribution < 1.29 is 14.7 Å². The zero-order valence-corrected chi connectivity index (χ0v) is 13.9. The molecule has 1 rings (SSSR count). The Bertz CT molecular complexity index is 357. The summed E-state index contributed by atoms with van der Waals surface area (Å²) < 4.78 is 0. The molecule has 1 aliphatic rings. The van der Waals surface area contributed by atoms with Crippen LogP contribution in [0.3, 0.4) is 0 Å². The molecule has 0 aliphatic heterocycles. The molecule has 0 aromatic heterocycles. The highest BCUT2D eigenvalue weighted by Gasteiger charge is 2.30. The van der Waals surface area contributed by atoms with Crippen LogP contribution >= 0.6 is 0 Å². The molecule has 0 saturated heterocycles. The first-order valence-electron chi connectivity index (χ1n) is 8.02. The Labute approximate surface area is 128 Å². The Hall–Kier alpha value is -1.10. The van der Waals surface area contributed by atoms with E-state index in [4.69, 9.17) is 5.11 Å². The molecule has 0 radical (unpaired) electrons. The Morgan fingerprint density at radius 2 is 1.67 bits per heavy atom. The maximum absolute atomic E-state index is 12.6. The topological polar surface area (TPSA) is 60.9 Å². The normalized spacial score (nSPS) is 17.0. The number of carboxylic acids is 1. The summed E-state index contributed by atoms with van der Waals surface area (Å²) in [5, 5.41) is 9.04. The molecule has 1 saturated carbocycles. The van der Waals surface area contributed by atoms with Crippen LogP contribution < -0.4 is 0 Å². The minimum absolute atomic E-state index is 0.0561. The van der Waals surface area contributed by atoms with E-state index in [9.17, 15) is 9.59 Å². The predicted molar refractivity (Wildman–Crippen MR) is 83.2 cm³/mol. The van der Waals surface area contributed by atoms with Crippen LogP contribution in [-0.2, 0) is 9.59 Å². The maximum Gasteiger partial charge on any atom is 0.317 e. The highest BCUT2D eigenvalue weighted by atomic mass is 16.4. The fourth-order valence-corrected chi connectivity index (χ4v) is 2.98. The van der Waals surface area contributed by atoms with E-state index >= 15 is 0 Å². The van der Waals surface area contributed by atoms with Gasteiger partial charge in [0.05, 0.1) is 13.1 Å². The molecule has 0 bridgehead atoms. The molecule has 1 amide bonds. The molecule has 122 valence electrons. The van der Waals surface area contributed by atoms with Crippen LogP contribution in [0.1, 0.15) is 59.8 Å². The van der Waals surface area contributed by atoms with Crippen molar-refractivity contribution in [3.05, 3.63) is 0 Å². The van der Waals surface area contributed by atoms with Gasteiger partial charge in [-0.25, -0.2) is 0 Å². The minimum Gasteiger partial charge on any atom is -0.480 e. The van der Waals surface area contributed by atoms with Gasteiger partial charge in [0.2, 0.25) is 5.91 Å². The lowest BCUT2D eigenvalue weighted by molar-refractivity contribution is -0.142. The largest absolute Gasteiger partial charge is 0.480 e. The molecular formula is C16H30N2O3. The van der Waals surface area contributed by atoms with E-state index in [-0.39, 0.29) is 24.5 Å². The number of carbonyl (C=O) groups excluding carboxylic acids is 1. The van der Waals surface area contributed by atoms with Crippen molar-refractivity contribution in [2.24, 2.45) is 0 Å². The van der Waals surface area contributed by atoms with Gasteiger partial charge in [0.1, 0.15) is 0 Å². The SMILES string of the molecule is CCN(C(=O)CN(CC(=O)O)C(C)(C)C)C1CCCCC1. The molecule has 1 N–H and O–H groups in total. The second-order valence-corrected chi connectivity index (χ2v) is 6.89. The lowest BCUT2D eigenvalue weighted by atomic mass is 9.94. The van der Waals surface area contributed by atoms with Crippen molar-refractivity contribution >= 4 is 11.9 Å². The van der Waals surface area contributed by atoms with Crippen LogP contribution in [0.2, 0.25) is 0 Å². The molecule has 0 spiro atoms. The molecule has 1 aliphatic carbocycles. The average Bonchev–Trinajstić information content (AvgIpc) is 2.38. The second kappa shape index (κ2) is 7.78. The first-order chi connectivity index (χ1) is 9.75. The molecule has 5 heteroatoms. The summed E-state index contributed by atoms with van der Waals surface area (Å²) in [5.41, 5.74) is -0.333. The summed E-state index contributed by atoms with van der Waals surface area (Å²) in [4.78, 5) is 27.3. The monoisotopic (exact) mass is 298 g/mol. The van der Waals surface area contributed by atoms with Crippen molar-refractivity contribution in [1.29, 1.82) is 0 Å². The molecule has 0 heterocycles. The lowest BCUT2D eigenvalue weighted by Gasteiger charge is -2.38. The van der Waals surface area contributed by atoms with Crippen molar-refractivity contribution in [1.82, 2.24) is 9.80 Å². The first kappa shape index (κ1) is 18.0. The van der Waals surface area contributed by atoms with E-state index in [1.165, 1.54) is 19.3 Å². The Morgan fingerprint density at radius 3 is 2.10 bits per heavy atom. The van der Waals surface area contributed by atoms with Crippen LogP contribution in [0.15, 0.2) is 0 Å². The lowest BCUT2D eigenvalue weighted by Crippen LogP contribution is -2.52. The first-order valence-corrected chi connectivity index (χ1v) is 8.02. The third-order valence-corrected chi connectivity index (χ3v) is 4.28. The highest BCUT2D eigenvalue weighted by Crippen LogP contribution is 2.23. The van der Waals surface area contributed by atoms with Gasteiger partial charge in [-0.2, -0.15) is 0 Å². The average molecular weight is 298 g/mol. The van der Waals surface area contributed by atoms with Gasteiger partial charge in [0, 0.05) is 18.1 Å². The van der Waals surface area contributed by atoms with Gasteiger partial charge in [0.25, 0.3) is 0 Å². The molecule has 1 fully saturated rings. The van der Waals surface area contributed by atoms with Crippen LogP contribution in [0.4, 0.5) is 0 Å². The van der Waals surface area contributed by atoms with E-state index in [1.54, 1.807) is 4.90 Å². The van der Waals surface area contributed by atoms with Gasteiger partial charge in [-0.3, -0.25) is 14.5 Å². The van der Waals surface area contributed by atoms with E-state index in [1.807, 2.05) is 32.6 Å². The summed E-state index contributed by atoms with van der Waals surface area (Å²) in [6.45, 7) is 8.62. The number of aliphatic carboxylic acids is 1. The van der Waals surface area contributed by atoms with Crippen molar-refractivity contribution in [3.8, 4) is 0 Å². The molecular weight excluding hydrogens is 268 g/mol. The third kappa shape index (κ3) is 5.65. The molecule has 0 aromatic carbocycles. The Morgan fingerprint density at radius 1 is 1.10 bits per heavy atom.